The fraction of sp³-hybridized carbons (Fsp3) is 0.440. The number of nitrogens with zero attached hydrogens (tertiary/aromatic N) is 1. The minimum Gasteiger partial charge on any atom is -0.478 e. The number of ether oxygens (including phenoxy) is 2. The predicted octanol–water partition coefficient (Wildman–Crippen LogP) is 5.50. The molecular formula is C25H30N2O7. The number of aromatic carboxylic acids is 1. The highest BCUT2D eigenvalue weighted by atomic mass is 16.6. The molecule has 1 fully saturated rings. The molecule has 0 bridgehead atoms. The van der Waals surface area contributed by atoms with E-state index in [1.165, 1.54) is 42.5 Å². The third kappa shape index (κ3) is 6.32. The van der Waals surface area contributed by atoms with Crippen LogP contribution in [0.3, 0.4) is 0 Å². The molecule has 1 saturated carbocycles. The van der Waals surface area contributed by atoms with E-state index in [9.17, 15) is 19.7 Å². The maximum absolute atomic E-state index is 12.6. The Morgan fingerprint density at radius 2 is 1.88 bits per heavy atom. The maximum Gasteiger partial charge on any atom is 0.335 e. The van der Waals surface area contributed by atoms with Gasteiger partial charge in [-0.25, -0.2) is 4.79 Å². The minimum absolute atomic E-state index is 0.00400. The summed E-state index contributed by atoms with van der Waals surface area (Å²) in [6.07, 6.45) is 3.07. The highest BCUT2D eigenvalue weighted by Crippen LogP contribution is 2.38. The summed E-state index contributed by atoms with van der Waals surface area (Å²) in [5.74, 6) is -0.0670. The number of benzene rings is 2. The van der Waals surface area contributed by atoms with Crippen molar-refractivity contribution in [1.82, 2.24) is 0 Å². The summed E-state index contributed by atoms with van der Waals surface area (Å²) in [5, 5.41) is 23.4. The number of carboxylic acid groups (broad SMARTS) is 1. The highest BCUT2D eigenvalue weighted by molar-refractivity contribution is 5.94. The van der Waals surface area contributed by atoms with E-state index in [4.69, 9.17) is 14.6 Å². The second-order valence-corrected chi connectivity index (χ2v) is 9.06. The van der Waals surface area contributed by atoms with Crippen LogP contribution in [0.25, 0.3) is 0 Å². The van der Waals surface area contributed by atoms with E-state index < -0.39 is 22.5 Å². The second kappa shape index (κ2) is 11.1. The van der Waals surface area contributed by atoms with Gasteiger partial charge in [0.2, 0.25) is 5.75 Å². The Bertz CT molecular complexity index is 1040. The van der Waals surface area contributed by atoms with Crippen LogP contribution in [-0.4, -0.2) is 34.6 Å². The fourth-order valence-electron chi connectivity index (χ4n) is 4.36. The Morgan fingerprint density at radius 3 is 2.50 bits per heavy atom. The number of amides is 1. The van der Waals surface area contributed by atoms with Crippen LogP contribution in [-0.2, 0) is 9.53 Å². The molecule has 2 N–H and O–H groups in total. The number of anilines is 1. The molecule has 9 nitrogen and oxygen atoms in total. The third-order valence-electron chi connectivity index (χ3n) is 6.17. The van der Waals surface area contributed by atoms with Crippen molar-refractivity contribution >= 4 is 23.3 Å². The summed E-state index contributed by atoms with van der Waals surface area (Å²) in [6, 6.07) is 9.85. The first-order valence-corrected chi connectivity index (χ1v) is 11.4. The van der Waals surface area contributed by atoms with Crippen molar-refractivity contribution in [2.75, 3.05) is 11.9 Å². The zero-order valence-electron chi connectivity index (χ0n) is 19.5. The van der Waals surface area contributed by atoms with Crippen molar-refractivity contribution in [3.05, 3.63) is 58.1 Å². The molecule has 34 heavy (non-hydrogen) atoms. The number of carbonyl (C=O) groups is 2. The molecule has 0 radical (unpaired) electrons. The van der Waals surface area contributed by atoms with Gasteiger partial charge in [-0.15, -0.1) is 0 Å². The number of nitro groups is 1. The van der Waals surface area contributed by atoms with Gasteiger partial charge in [0.1, 0.15) is 18.0 Å². The number of carbonyl (C=O) groups excluding carboxylic acids is 1. The molecule has 0 heterocycles. The lowest BCUT2D eigenvalue weighted by Gasteiger charge is -2.37. The molecule has 1 aliphatic carbocycles. The van der Waals surface area contributed by atoms with Gasteiger partial charge in [0.15, 0.2) is 0 Å². The van der Waals surface area contributed by atoms with Gasteiger partial charge >= 0.3 is 11.7 Å². The van der Waals surface area contributed by atoms with Gasteiger partial charge in [0.25, 0.3) is 5.91 Å². The van der Waals surface area contributed by atoms with Crippen LogP contribution in [0.15, 0.2) is 42.5 Å². The van der Waals surface area contributed by atoms with E-state index in [1.807, 2.05) is 0 Å². The summed E-state index contributed by atoms with van der Waals surface area (Å²) < 4.78 is 11.6. The SMILES string of the molecule is CC1CCC(C(C)C)C(OCC(=O)Nc2cccc(Oc3ccc(C(=O)O)cc3)c2[N+](=O)[O-])C1. The molecular weight excluding hydrogens is 440 g/mol. The normalized spacial score (nSPS) is 20.1. The molecule has 1 amide bonds. The molecule has 0 aromatic heterocycles. The quantitative estimate of drug-likeness (QED) is 0.366. The van der Waals surface area contributed by atoms with Crippen LogP contribution < -0.4 is 10.1 Å². The second-order valence-electron chi connectivity index (χ2n) is 9.06. The predicted molar refractivity (Wildman–Crippen MR) is 126 cm³/mol. The average Bonchev–Trinajstić information content (AvgIpc) is 2.78. The average molecular weight is 471 g/mol. The maximum atomic E-state index is 12.6. The van der Waals surface area contributed by atoms with Crippen molar-refractivity contribution in [3.8, 4) is 11.5 Å². The minimum atomic E-state index is -1.09. The van der Waals surface area contributed by atoms with Crippen molar-refractivity contribution < 1.29 is 29.1 Å². The van der Waals surface area contributed by atoms with E-state index in [1.54, 1.807) is 0 Å². The Morgan fingerprint density at radius 1 is 1.18 bits per heavy atom. The summed E-state index contributed by atoms with van der Waals surface area (Å²) in [5.41, 5.74) is -0.338. The first-order valence-electron chi connectivity index (χ1n) is 11.4. The van der Waals surface area contributed by atoms with Gasteiger partial charge in [0.05, 0.1) is 16.6 Å². The standard InChI is InChI=1S/C25H30N2O7/c1-15(2)19-12-7-16(3)13-22(19)33-14-23(28)26-20-5-4-6-21(24(20)27(31)32)34-18-10-8-17(9-11-18)25(29)30/h4-6,8-11,15-16,19,22H,7,12-14H2,1-3H3,(H,26,28)(H,29,30). The van der Waals surface area contributed by atoms with Gasteiger partial charge in [-0.1, -0.05) is 33.3 Å². The zero-order valence-corrected chi connectivity index (χ0v) is 19.5. The van der Waals surface area contributed by atoms with Crippen molar-refractivity contribution in [2.24, 2.45) is 17.8 Å². The molecule has 3 unspecified atom stereocenters. The van der Waals surface area contributed by atoms with Crippen molar-refractivity contribution in [1.29, 1.82) is 0 Å². The number of carboxylic acids is 1. The van der Waals surface area contributed by atoms with Gasteiger partial charge in [-0.05, 0) is 67.0 Å². The Balaban J connectivity index is 1.71. The molecule has 3 atom stereocenters. The number of para-hydroxylation sites is 1. The lowest BCUT2D eigenvalue weighted by Crippen LogP contribution is -2.36. The molecule has 0 saturated heterocycles. The van der Waals surface area contributed by atoms with Crippen LogP contribution in [0.4, 0.5) is 11.4 Å². The van der Waals surface area contributed by atoms with Gasteiger partial charge in [0, 0.05) is 0 Å². The Labute approximate surface area is 198 Å². The molecule has 0 aliphatic heterocycles. The van der Waals surface area contributed by atoms with Crippen molar-refractivity contribution in [3.63, 3.8) is 0 Å². The van der Waals surface area contributed by atoms with Crippen LogP contribution in [0.5, 0.6) is 11.5 Å². The van der Waals surface area contributed by atoms with E-state index in [-0.39, 0.29) is 35.5 Å². The van der Waals surface area contributed by atoms with Crippen molar-refractivity contribution in [2.45, 2.75) is 46.1 Å². The van der Waals surface area contributed by atoms with Gasteiger partial charge < -0.3 is 19.9 Å². The summed E-state index contributed by atoms with van der Waals surface area (Å²) >= 11 is 0. The Hall–Kier alpha value is -3.46. The number of rotatable bonds is 9. The first-order chi connectivity index (χ1) is 16.2. The fourth-order valence-corrected chi connectivity index (χ4v) is 4.36. The number of hydrogen-bond donors (Lipinski definition) is 2. The molecule has 2 aromatic rings. The van der Waals surface area contributed by atoms with Crippen LogP contribution >= 0.6 is 0 Å². The van der Waals surface area contributed by atoms with Crippen LogP contribution in [0.1, 0.15) is 50.4 Å². The highest BCUT2D eigenvalue weighted by Gasteiger charge is 2.32. The molecule has 1 aliphatic rings. The monoisotopic (exact) mass is 470 g/mol. The van der Waals surface area contributed by atoms with Crippen LogP contribution in [0.2, 0.25) is 0 Å². The summed E-state index contributed by atoms with van der Waals surface area (Å²) in [7, 11) is 0. The lowest BCUT2D eigenvalue weighted by molar-refractivity contribution is -0.384. The smallest absolute Gasteiger partial charge is 0.335 e. The topological polar surface area (TPSA) is 128 Å². The molecule has 3 rings (SSSR count). The lowest BCUT2D eigenvalue weighted by atomic mass is 9.75. The first kappa shape index (κ1) is 25.2. The molecule has 2 aromatic carbocycles. The number of nitro benzene ring substituents is 1. The largest absolute Gasteiger partial charge is 0.478 e. The van der Waals surface area contributed by atoms with Crippen LogP contribution in [0, 0.1) is 27.9 Å². The van der Waals surface area contributed by atoms with E-state index in [0.29, 0.717) is 17.8 Å². The summed E-state index contributed by atoms with van der Waals surface area (Å²) in [6.45, 7) is 6.29. The van der Waals surface area contributed by atoms with E-state index >= 15 is 0 Å². The summed E-state index contributed by atoms with van der Waals surface area (Å²) in [4.78, 5) is 34.8. The Kier molecular flexibility index (Phi) is 8.22. The molecule has 0 spiro atoms. The van der Waals surface area contributed by atoms with Gasteiger partial charge in [-0.3, -0.25) is 14.9 Å². The zero-order chi connectivity index (χ0) is 24.8. The number of nitrogens with one attached hydrogen (secondary N) is 1. The van der Waals surface area contributed by atoms with Gasteiger partial charge in [-0.2, -0.15) is 0 Å². The molecule has 182 valence electrons. The van der Waals surface area contributed by atoms with E-state index in [0.717, 1.165) is 19.3 Å². The van der Waals surface area contributed by atoms with E-state index in [2.05, 4.69) is 26.1 Å². The third-order valence-corrected chi connectivity index (χ3v) is 6.17. The molecule has 9 heteroatoms. The number of hydrogen-bond acceptors (Lipinski definition) is 6.